The Kier molecular flexibility index (Phi) is 5.92. The fraction of sp³-hybridized carbons (Fsp3) is 1.00. The van der Waals surface area contributed by atoms with Crippen LogP contribution in [0.5, 0.6) is 0 Å². The van der Waals surface area contributed by atoms with Gasteiger partial charge in [0.2, 0.25) is 0 Å². The van der Waals surface area contributed by atoms with E-state index in [0.29, 0.717) is 5.41 Å². The summed E-state index contributed by atoms with van der Waals surface area (Å²) in [4.78, 5) is 0. The predicted molar refractivity (Wildman–Crippen MR) is 85.9 cm³/mol. The highest BCUT2D eigenvalue weighted by Gasteiger charge is 2.39. The van der Waals surface area contributed by atoms with Gasteiger partial charge in [0.05, 0.1) is 0 Å². The average Bonchev–Trinajstić information content (AvgIpc) is 2.40. The van der Waals surface area contributed by atoms with Crippen molar-refractivity contribution < 1.29 is 4.74 Å². The van der Waals surface area contributed by atoms with Gasteiger partial charge in [0.15, 0.2) is 0 Å². The highest BCUT2D eigenvalue weighted by Crippen LogP contribution is 2.46. The second-order valence-electron chi connectivity index (χ2n) is 8.36. The van der Waals surface area contributed by atoms with Gasteiger partial charge in [-0.3, -0.25) is 0 Å². The lowest BCUT2D eigenvalue weighted by Crippen LogP contribution is -2.42. The Balaban J connectivity index is 1.92. The topological polar surface area (TPSA) is 21.3 Å². The molecule has 2 heteroatoms. The molecular weight excluding hydrogens is 246 g/mol. The van der Waals surface area contributed by atoms with E-state index in [1.807, 2.05) is 0 Å². The lowest BCUT2D eigenvalue weighted by Gasteiger charge is -2.45. The lowest BCUT2D eigenvalue weighted by atomic mass is 9.62. The highest BCUT2D eigenvalue weighted by molar-refractivity contribution is 4.90. The van der Waals surface area contributed by atoms with Gasteiger partial charge in [0, 0.05) is 13.2 Å². The summed E-state index contributed by atoms with van der Waals surface area (Å²) in [5.41, 5.74) is 0.538. The van der Waals surface area contributed by atoms with Gasteiger partial charge in [-0.05, 0) is 74.3 Å². The first-order valence-electron chi connectivity index (χ1n) is 8.76. The molecule has 1 saturated heterocycles. The van der Waals surface area contributed by atoms with Crippen LogP contribution < -0.4 is 5.32 Å². The first kappa shape index (κ1) is 16.3. The smallest absolute Gasteiger partial charge is 0.0497 e. The minimum atomic E-state index is 0.538. The highest BCUT2D eigenvalue weighted by atomic mass is 16.5. The van der Waals surface area contributed by atoms with Crippen LogP contribution in [0.4, 0.5) is 0 Å². The maximum Gasteiger partial charge on any atom is 0.0497 e. The van der Waals surface area contributed by atoms with Crippen LogP contribution in [0, 0.1) is 29.1 Å². The van der Waals surface area contributed by atoms with E-state index in [4.69, 9.17) is 4.74 Å². The predicted octanol–water partition coefficient (Wildman–Crippen LogP) is 4.10. The molecule has 3 unspecified atom stereocenters. The lowest BCUT2D eigenvalue weighted by molar-refractivity contribution is -0.0151. The van der Waals surface area contributed by atoms with Crippen LogP contribution in [0.15, 0.2) is 0 Å². The molecule has 118 valence electrons. The van der Waals surface area contributed by atoms with Gasteiger partial charge >= 0.3 is 0 Å². The molecule has 2 aliphatic rings. The Morgan fingerprint density at radius 2 is 2.05 bits per heavy atom. The molecule has 1 aliphatic heterocycles. The first-order chi connectivity index (χ1) is 9.48. The quantitative estimate of drug-likeness (QED) is 0.819. The van der Waals surface area contributed by atoms with Crippen molar-refractivity contribution in [2.24, 2.45) is 29.1 Å². The standard InChI is InChI=1S/C18H35NO/c1-14(2)11-19-12-15-7-8-18(3,4)10-17(15)16-6-5-9-20-13-16/h14-17,19H,5-13H2,1-4H3. The number of ether oxygens (including phenoxy) is 1. The Labute approximate surface area is 126 Å². The van der Waals surface area contributed by atoms with Crippen molar-refractivity contribution in [3.05, 3.63) is 0 Å². The molecule has 2 nitrogen and oxygen atoms in total. The fourth-order valence-electron chi connectivity index (χ4n) is 4.16. The SMILES string of the molecule is CC(C)CNCC1CCC(C)(C)CC1C1CCCOC1. The van der Waals surface area contributed by atoms with Crippen LogP contribution in [0.1, 0.15) is 59.8 Å². The molecule has 20 heavy (non-hydrogen) atoms. The summed E-state index contributed by atoms with van der Waals surface area (Å²) in [5.74, 6) is 3.31. The van der Waals surface area contributed by atoms with E-state index < -0.39 is 0 Å². The number of hydrogen-bond acceptors (Lipinski definition) is 2. The van der Waals surface area contributed by atoms with Crippen molar-refractivity contribution in [1.82, 2.24) is 5.32 Å². The number of hydrogen-bond donors (Lipinski definition) is 1. The molecule has 0 aromatic rings. The Bertz CT molecular complexity index is 281. The summed E-state index contributed by atoms with van der Waals surface area (Å²) in [6.07, 6.45) is 6.86. The summed E-state index contributed by atoms with van der Waals surface area (Å²) in [7, 11) is 0. The van der Waals surface area contributed by atoms with Crippen LogP contribution in [0.25, 0.3) is 0 Å². The monoisotopic (exact) mass is 281 g/mol. The third-order valence-electron chi connectivity index (χ3n) is 5.35. The summed E-state index contributed by atoms with van der Waals surface area (Å²) < 4.78 is 5.77. The third kappa shape index (κ3) is 4.73. The normalized spacial score (nSPS) is 34.4. The van der Waals surface area contributed by atoms with E-state index in [1.54, 1.807) is 0 Å². The third-order valence-corrected chi connectivity index (χ3v) is 5.35. The minimum Gasteiger partial charge on any atom is -0.381 e. The molecule has 0 amide bonds. The molecule has 1 saturated carbocycles. The summed E-state index contributed by atoms with van der Waals surface area (Å²) >= 11 is 0. The molecule has 0 aromatic carbocycles. The van der Waals surface area contributed by atoms with Gasteiger partial charge in [0.25, 0.3) is 0 Å². The fourth-order valence-corrected chi connectivity index (χ4v) is 4.16. The molecular formula is C18H35NO. The van der Waals surface area contributed by atoms with Gasteiger partial charge in [-0.2, -0.15) is 0 Å². The molecule has 0 bridgehead atoms. The molecule has 2 fully saturated rings. The average molecular weight is 281 g/mol. The summed E-state index contributed by atoms with van der Waals surface area (Å²) in [6.45, 7) is 13.9. The van der Waals surface area contributed by atoms with Gasteiger partial charge in [-0.25, -0.2) is 0 Å². The molecule has 0 aromatic heterocycles. The van der Waals surface area contributed by atoms with Crippen LogP contribution in [0.3, 0.4) is 0 Å². The molecule has 2 rings (SSSR count). The second-order valence-corrected chi connectivity index (χ2v) is 8.36. The zero-order chi connectivity index (χ0) is 14.6. The molecule has 1 heterocycles. The summed E-state index contributed by atoms with van der Waals surface area (Å²) in [6, 6.07) is 0. The Hall–Kier alpha value is -0.0800. The van der Waals surface area contributed by atoms with Crippen LogP contribution in [0.2, 0.25) is 0 Å². The van der Waals surface area contributed by atoms with E-state index in [-0.39, 0.29) is 0 Å². The molecule has 1 N–H and O–H groups in total. The van der Waals surface area contributed by atoms with E-state index in [0.717, 1.165) is 43.4 Å². The Morgan fingerprint density at radius 1 is 1.25 bits per heavy atom. The van der Waals surface area contributed by atoms with Gasteiger partial charge in [0.1, 0.15) is 0 Å². The Morgan fingerprint density at radius 3 is 2.70 bits per heavy atom. The number of nitrogens with one attached hydrogen (secondary N) is 1. The van der Waals surface area contributed by atoms with Crippen molar-refractivity contribution in [3.63, 3.8) is 0 Å². The van der Waals surface area contributed by atoms with Crippen molar-refractivity contribution in [1.29, 1.82) is 0 Å². The molecule has 1 aliphatic carbocycles. The molecule has 0 radical (unpaired) electrons. The van der Waals surface area contributed by atoms with Crippen molar-refractivity contribution in [2.75, 3.05) is 26.3 Å². The van der Waals surface area contributed by atoms with Gasteiger partial charge in [-0.1, -0.05) is 27.7 Å². The largest absolute Gasteiger partial charge is 0.381 e. The van der Waals surface area contributed by atoms with Crippen molar-refractivity contribution in [2.45, 2.75) is 59.8 Å². The first-order valence-corrected chi connectivity index (χ1v) is 8.76. The van der Waals surface area contributed by atoms with E-state index in [2.05, 4.69) is 33.0 Å². The second kappa shape index (κ2) is 7.26. The van der Waals surface area contributed by atoms with Crippen LogP contribution >= 0.6 is 0 Å². The maximum atomic E-state index is 5.77. The maximum absolute atomic E-state index is 5.77. The van der Waals surface area contributed by atoms with Crippen molar-refractivity contribution in [3.8, 4) is 0 Å². The zero-order valence-electron chi connectivity index (χ0n) is 14.1. The van der Waals surface area contributed by atoms with Crippen molar-refractivity contribution >= 4 is 0 Å². The van der Waals surface area contributed by atoms with Crippen LogP contribution in [-0.4, -0.2) is 26.3 Å². The molecule has 0 spiro atoms. The van der Waals surface area contributed by atoms with Gasteiger partial charge in [-0.15, -0.1) is 0 Å². The zero-order valence-corrected chi connectivity index (χ0v) is 14.1. The van der Waals surface area contributed by atoms with E-state index >= 15 is 0 Å². The van der Waals surface area contributed by atoms with Gasteiger partial charge < -0.3 is 10.1 Å². The van der Waals surface area contributed by atoms with E-state index in [1.165, 1.54) is 38.6 Å². The minimum absolute atomic E-state index is 0.538. The number of rotatable bonds is 5. The molecule has 3 atom stereocenters. The van der Waals surface area contributed by atoms with E-state index in [9.17, 15) is 0 Å². The van der Waals surface area contributed by atoms with Crippen LogP contribution in [-0.2, 0) is 4.74 Å². The summed E-state index contributed by atoms with van der Waals surface area (Å²) in [5, 5.41) is 3.71.